The van der Waals surface area contributed by atoms with Crippen molar-refractivity contribution in [1.82, 2.24) is 14.5 Å². The number of nitrogens with zero attached hydrogens (tertiary/aromatic N) is 3. The molecule has 0 radical (unpaired) electrons. The summed E-state index contributed by atoms with van der Waals surface area (Å²) in [5.74, 6) is -0.473. The van der Waals surface area contributed by atoms with Gasteiger partial charge in [-0.15, -0.1) is 0 Å². The Hall–Kier alpha value is -3.54. The summed E-state index contributed by atoms with van der Waals surface area (Å²) < 4.78 is 42.9. The number of halogens is 3. The maximum absolute atomic E-state index is 13.8. The van der Waals surface area contributed by atoms with Gasteiger partial charge in [0.2, 0.25) is 0 Å². The van der Waals surface area contributed by atoms with E-state index in [0.29, 0.717) is 26.6 Å². The highest BCUT2D eigenvalue weighted by Crippen LogP contribution is 2.33. The summed E-state index contributed by atoms with van der Waals surface area (Å²) in [4.78, 5) is 22.8. The Morgan fingerprint density at radius 2 is 1.87 bits per heavy atom. The van der Waals surface area contributed by atoms with Gasteiger partial charge in [0.1, 0.15) is 21.0 Å². The summed E-state index contributed by atoms with van der Waals surface area (Å²) in [6.45, 7) is 6.30. The molecular weight excluding hydrogens is 529 g/mol. The first-order valence-corrected chi connectivity index (χ1v) is 16.2. The van der Waals surface area contributed by atoms with Gasteiger partial charge in [-0.2, -0.15) is 13.2 Å². The number of rotatable bonds is 6. The van der Waals surface area contributed by atoms with Gasteiger partial charge in [0.25, 0.3) is 5.91 Å². The number of nitrogens with one attached hydrogen (secondary N) is 1. The van der Waals surface area contributed by atoms with Crippen LogP contribution in [-0.2, 0) is 19.3 Å². The van der Waals surface area contributed by atoms with Crippen molar-refractivity contribution in [2.75, 3.05) is 5.32 Å². The van der Waals surface area contributed by atoms with Gasteiger partial charge in [-0.1, -0.05) is 66.5 Å². The molecule has 0 aliphatic rings. The molecule has 11 heteroatoms. The highest BCUT2D eigenvalue weighted by molar-refractivity contribution is 7.18. The molecule has 3 heterocycles. The quantitative estimate of drug-likeness (QED) is 0.252. The smallest absolute Gasteiger partial charge is 0.389 e. The number of aromatic nitrogens is 3. The maximum atomic E-state index is 13.8. The van der Waals surface area contributed by atoms with Gasteiger partial charge in [0.15, 0.2) is 0 Å². The molecule has 0 unspecified atom stereocenters. The summed E-state index contributed by atoms with van der Waals surface area (Å²) in [6.07, 6.45) is -3.02. The van der Waals surface area contributed by atoms with E-state index < -0.39 is 25.7 Å². The molecule has 1 amide bonds. The summed E-state index contributed by atoms with van der Waals surface area (Å²) in [5, 5.41) is 14.6. The summed E-state index contributed by atoms with van der Waals surface area (Å²) >= 11 is 1.26. The zero-order chi connectivity index (χ0) is 27.2. The Bertz CT molecular complexity index is 1670. The van der Waals surface area contributed by atoms with Crippen molar-refractivity contribution in [2.24, 2.45) is 0 Å². The second-order valence-electron chi connectivity index (χ2n) is 10.1. The largest absolute Gasteiger partial charge is 0.416 e. The minimum absolute atomic E-state index is 0.0721. The van der Waals surface area contributed by atoms with Crippen LogP contribution in [0.4, 0.5) is 18.9 Å². The molecular formula is C27H25F3N4O2SSi. The lowest BCUT2D eigenvalue weighted by Crippen LogP contribution is -2.37. The van der Waals surface area contributed by atoms with Crippen LogP contribution in [0.2, 0.25) is 19.6 Å². The van der Waals surface area contributed by atoms with Crippen LogP contribution in [0.15, 0.2) is 60.8 Å². The van der Waals surface area contributed by atoms with E-state index in [-0.39, 0.29) is 24.4 Å². The van der Waals surface area contributed by atoms with Crippen LogP contribution in [-0.4, -0.2) is 33.6 Å². The van der Waals surface area contributed by atoms with Crippen molar-refractivity contribution in [3.63, 3.8) is 0 Å². The molecule has 196 valence electrons. The topological polar surface area (TPSA) is 80.0 Å². The van der Waals surface area contributed by atoms with E-state index in [2.05, 4.69) is 34.9 Å². The number of amides is 1. The molecule has 2 aromatic carbocycles. The highest BCUT2D eigenvalue weighted by atomic mass is 32.1. The molecule has 0 aliphatic carbocycles. The van der Waals surface area contributed by atoms with Crippen LogP contribution in [0, 0.1) is 0 Å². The normalized spacial score (nSPS) is 12.4. The first-order chi connectivity index (χ1) is 17.9. The van der Waals surface area contributed by atoms with Gasteiger partial charge in [-0.3, -0.25) is 4.79 Å². The number of aliphatic hydroxyl groups excluding tert-OH is 1. The van der Waals surface area contributed by atoms with Crippen molar-refractivity contribution in [1.29, 1.82) is 0 Å². The van der Waals surface area contributed by atoms with Crippen molar-refractivity contribution < 1.29 is 23.1 Å². The van der Waals surface area contributed by atoms with Crippen molar-refractivity contribution >= 4 is 57.4 Å². The van der Waals surface area contributed by atoms with E-state index in [1.807, 2.05) is 18.2 Å². The molecule has 0 spiro atoms. The van der Waals surface area contributed by atoms with E-state index in [1.54, 1.807) is 22.8 Å². The van der Waals surface area contributed by atoms with Crippen LogP contribution in [0.5, 0.6) is 0 Å². The van der Waals surface area contributed by atoms with Crippen molar-refractivity contribution in [2.45, 2.75) is 39.0 Å². The number of thiazole rings is 1. The van der Waals surface area contributed by atoms with E-state index >= 15 is 0 Å². The molecule has 0 bridgehead atoms. The third-order valence-corrected chi connectivity index (χ3v) is 9.34. The lowest BCUT2D eigenvalue weighted by atomic mass is 10.1. The Labute approximate surface area is 221 Å². The van der Waals surface area contributed by atoms with Crippen molar-refractivity contribution in [3.8, 4) is 0 Å². The van der Waals surface area contributed by atoms with Gasteiger partial charge in [0, 0.05) is 17.4 Å². The first-order valence-electron chi connectivity index (χ1n) is 11.9. The Morgan fingerprint density at radius 3 is 2.58 bits per heavy atom. The predicted octanol–water partition coefficient (Wildman–Crippen LogP) is 6.00. The number of fused-ring (bicyclic) bond motifs is 2. The molecule has 0 saturated heterocycles. The van der Waals surface area contributed by atoms with Crippen LogP contribution >= 0.6 is 11.3 Å². The van der Waals surface area contributed by atoms with Gasteiger partial charge < -0.3 is 15.0 Å². The molecule has 0 aliphatic heterocycles. The fourth-order valence-electron chi connectivity index (χ4n) is 4.40. The zero-order valence-corrected chi connectivity index (χ0v) is 22.7. The third-order valence-electron chi connectivity index (χ3n) is 6.34. The minimum atomic E-state index is -4.52. The van der Waals surface area contributed by atoms with Gasteiger partial charge in [0.05, 0.1) is 32.1 Å². The van der Waals surface area contributed by atoms with Crippen LogP contribution < -0.4 is 10.5 Å². The summed E-state index contributed by atoms with van der Waals surface area (Å²) in [7, 11) is -1.67. The molecule has 0 saturated carbocycles. The predicted molar refractivity (Wildman–Crippen MR) is 147 cm³/mol. The number of pyridine rings is 1. The average Bonchev–Trinajstić information content (AvgIpc) is 3.44. The molecule has 38 heavy (non-hydrogen) atoms. The second kappa shape index (κ2) is 9.64. The summed E-state index contributed by atoms with van der Waals surface area (Å²) in [5.41, 5.74) is 1.19. The fourth-order valence-corrected chi connectivity index (χ4v) is 6.32. The lowest BCUT2D eigenvalue weighted by Gasteiger charge is -2.18. The standard InChI is InChI=1S/C27H25F3N4O2SSi/c1-38(2,3)19-8-9-22-17(10-19)11-23(34(22)14-16-6-4-5-7-20(16)27(28,29)30)25(36)32-18-12-21-26(31-13-18)37-24(15-35)33-21/h4-13,35H,14-15H2,1-3H3,(H,32,36). The number of anilines is 1. The molecule has 0 atom stereocenters. The molecule has 5 rings (SSSR count). The molecule has 6 nitrogen and oxygen atoms in total. The van der Waals surface area contributed by atoms with Gasteiger partial charge in [-0.25, -0.2) is 9.97 Å². The first kappa shape index (κ1) is 26.1. The van der Waals surface area contributed by atoms with E-state index in [4.69, 9.17) is 0 Å². The molecule has 2 N–H and O–H groups in total. The monoisotopic (exact) mass is 554 g/mol. The van der Waals surface area contributed by atoms with Crippen LogP contribution in [0.1, 0.15) is 26.6 Å². The number of carbonyl (C=O) groups is 1. The fraction of sp³-hybridized carbons (Fsp3) is 0.222. The van der Waals surface area contributed by atoms with E-state index in [0.717, 1.165) is 11.5 Å². The van der Waals surface area contributed by atoms with Crippen LogP contribution in [0.3, 0.4) is 0 Å². The van der Waals surface area contributed by atoms with E-state index in [9.17, 15) is 23.1 Å². The number of alkyl halides is 3. The van der Waals surface area contributed by atoms with Crippen molar-refractivity contribution in [3.05, 3.63) is 82.6 Å². The zero-order valence-electron chi connectivity index (χ0n) is 20.9. The summed E-state index contributed by atoms with van der Waals surface area (Å²) in [6, 6.07) is 14.7. The number of hydrogen-bond acceptors (Lipinski definition) is 5. The number of aliphatic hydroxyl groups is 1. The lowest BCUT2D eigenvalue weighted by molar-refractivity contribution is -0.138. The highest BCUT2D eigenvalue weighted by Gasteiger charge is 2.33. The third kappa shape index (κ3) is 5.09. The Morgan fingerprint density at radius 1 is 1.11 bits per heavy atom. The molecule has 5 aromatic rings. The average molecular weight is 555 g/mol. The number of benzene rings is 2. The minimum Gasteiger partial charge on any atom is -0.389 e. The number of hydrogen-bond donors (Lipinski definition) is 2. The maximum Gasteiger partial charge on any atom is 0.416 e. The second-order valence-corrected chi connectivity index (χ2v) is 16.2. The van der Waals surface area contributed by atoms with E-state index in [1.165, 1.54) is 34.9 Å². The Kier molecular flexibility index (Phi) is 6.62. The Balaban J connectivity index is 1.59. The molecule has 3 aromatic heterocycles. The van der Waals surface area contributed by atoms with Gasteiger partial charge in [-0.05, 0) is 29.8 Å². The number of carbonyl (C=O) groups excluding carboxylic acids is 1. The van der Waals surface area contributed by atoms with Gasteiger partial charge >= 0.3 is 6.18 Å². The SMILES string of the molecule is C[Si](C)(C)c1ccc2c(c1)cc(C(=O)Nc1cnc3sc(CO)nc3c1)n2Cc1ccccc1C(F)(F)F. The molecule has 0 fully saturated rings. The van der Waals surface area contributed by atoms with Crippen LogP contribution in [0.25, 0.3) is 21.3 Å².